The Morgan fingerprint density at radius 2 is 1.77 bits per heavy atom. The van der Waals surface area contributed by atoms with E-state index in [0.717, 1.165) is 12.1 Å². The second kappa shape index (κ2) is 10.2. The van der Waals surface area contributed by atoms with Crippen LogP contribution in [0.3, 0.4) is 0 Å². The highest BCUT2D eigenvalue weighted by Crippen LogP contribution is 2.33. The molecule has 1 amide bonds. The van der Waals surface area contributed by atoms with Crippen LogP contribution in [-0.4, -0.2) is 52.1 Å². The number of nitrogens with zero attached hydrogens (tertiary/aromatic N) is 6. The minimum absolute atomic E-state index is 0.0300. The van der Waals surface area contributed by atoms with E-state index >= 15 is 0 Å². The van der Waals surface area contributed by atoms with Gasteiger partial charge in [0.2, 0.25) is 0 Å². The number of pyridine rings is 1. The molecule has 0 fully saturated rings. The van der Waals surface area contributed by atoms with Crippen molar-refractivity contribution in [1.82, 2.24) is 24.5 Å². The molecule has 0 saturated heterocycles. The van der Waals surface area contributed by atoms with Gasteiger partial charge in [-0.15, -0.1) is 5.10 Å². The van der Waals surface area contributed by atoms with Crippen LogP contribution < -0.4 is 0 Å². The molecule has 1 N–H and O–H groups in total. The van der Waals surface area contributed by atoms with Crippen molar-refractivity contribution < 1.29 is 27.3 Å². The van der Waals surface area contributed by atoms with Gasteiger partial charge in [-0.25, -0.2) is 4.21 Å². The summed E-state index contributed by atoms with van der Waals surface area (Å²) in [5.41, 5.74) is 1.97. The molecule has 5 aromatic rings. The van der Waals surface area contributed by atoms with Crippen LogP contribution in [0.25, 0.3) is 27.8 Å². The Hall–Kier alpha value is -4.10. The summed E-state index contributed by atoms with van der Waals surface area (Å²) in [6, 6.07) is 12.8. The van der Waals surface area contributed by atoms with Gasteiger partial charge < -0.3 is 5.11 Å². The summed E-state index contributed by atoms with van der Waals surface area (Å²) in [6.07, 6.45) is -1.13. The normalized spacial score (nSPS) is 13.6. The zero-order valence-electron chi connectivity index (χ0n) is 20.7. The molecule has 2 aromatic carbocycles. The van der Waals surface area contributed by atoms with E-state index in [1.165, 1.54) is 23.0 Å². The second-order valence-electron chi connectivity index (χ2n) is 8.92. The first-order valence-corrected chi connectivity index (χ1v) is 13.7. The zero-order chi connectivity index (χ0) is 27.8. The Bertz CT molecular complexity index is 1790. The minimum atomic E-state index is -4.47. The quantitative estimate of drug-likeness (QED) is 0.315. The van der Waals surface area contributed by atoms with E-state index in [0.29, 0.717) is 33.3 Å². The van der Waals surface area contributed by atoms with Gasteiger partial charge in [-0.1, -0.05) is 0 Å². The van der Waals surface area contributed by atoms with Crippen molar-refractivity contribution in [2.24, 2.45) is 11.4 Å². The van der Waals surface area contributed by atoms with Crippen LogP contribution in [0, 0.1) is 0 Å². The average molecular weight is 557 g/mol. The highest BCUT2D eigenvalue weighted by molar-refractivity contribution is 7.93. The average Bonchev–Trinajstić information content (AvgIpc) is 3.42. The summed E-state index contributed by atoms with van der Waals surface area (Å²) in [7, 11) is -1.42. The molecule has 202 valence electrons. The van der Waals surface area contributed by atoms with Crippen molar-refractivity contribution in [3.63, 3.8) is 0 Å². The summed E-state index contributed by atoms with van der Waals surface area (Å²) in [4.78, 5) is 18.5. The van der Waals surface area contributed by atoms with Crippen LogP contribution in [0.4, 0.5) is 13.2 Å². The standard InChI is InChI=1S/C26H23F3N6O3S/c1-34-31-23-21-15-18(25(37)33-39(38,14-2-13-36)16-17-9-11-30-12-10-17)3-8-22(21)35(24(23)32-34)20-6-4-19(5-7-20)26(27,28)29/h3-12,15,36H,2,13-14,16H2,1H3/t39-/m0/s1. The molecule has 0 aliphatic rings. The van der Waals surface area contributed by atoms with Crippen molar-refractivity contribution in [1.29, 1.82) is 0 Å². The van der Waals surface area contributed by atoms with Crippen LogP contribution in [0.15, 0.2) is 71.4 Å². The number of aromatic nitrogens is 5. The van der Waals surface area contributed by atoms with E-state index < -0.39 is 27.4 Å². The van der Waals surface area contributed by atoms with E-state index in [-0.39, 0.29) is 30.1 Å². The Kier molecular flexibility index (Phi) is 6.95. The summed E-state index contributed by atoms with van der Waals surface area (Å²) in [5.74, 6) is -0.617. The first-order chi connectivity index (χ1) is 18.6. The molecule has 0 aliphatic carbocycles. The lowest BCUT2D eigenvalue weighted by Crippen LogP contribution is -2.13. The van der Waals surface area contributed by atoms with Gasteiger partial charge in [0.05, 0.1) is 26.6 Å². The van der Waals surface area contributed by atoms with E-state index in [9.17, 15) is 27.3 Å². The van der Waals surface area contributed by atoms with Crippen LogP contribution in [0.5, 0.6) is 0 Å². The van der Waals surface area contributed by atoms with Crippen LogP contribution in [0.2, 0.25) is 0 Å². The number of fused-ring (bicyclic) bond motifs is 3. The van der Waals surface area contributed by atoms with Crippen LogP contribution >= 0.6 is 0 Å². The summed E-state index contributed by atoms with van der Waals surface area (Å²) >= 11 is 0. The molecule has 3 aromatic heterocycles. The largest absolute Gasteiger partial charge is 0.416 e. The number of rotatable bonds is 7. The van der Waals surface area contributed by atoms with Gasteiger partial charge in [-0.2, -0.15) is 27.4 Å². The third-order valence-corrected chi connectivity index (χ3v) is 8.32. The number of alkyl halides is 3. The predicted molar refractivity (Wildman–Crippen MR) is 140 cm³/mol. The fourth-order valence-electron chi connectivity index (χ4n) is 4.33. The summed E-state index contributed by atoms with van der Waals surface area (Å²) in [5, 5.41) is 18.6. The number of hydrogen-bond donors (Lipinski definition) is 1. The Morgan fingerprint density at radius 1 is 1.05 bits per heavy atom. The second-order valence-corrected chi connectivity index (χ2v) is 11.3. The molecule has 0 unspecified atom stereocenters. The first kappa shape index (κ1) is 26.5. The molecule has 3 heterocycles. The topological polar surface area (TPSA) is 115 Å². The van der Waals surface area contributed by atoms with Gasteiger partial charge >= 0.3 is 6.18 Å². The number of carbonyl (C=O) groups excluding carboxylic acids is 1. The number of carbonyl (C=O) groups is 1. The summed E-state index contributed by atoms with van der Waals surface area (Å²) < 4.78 is 58.7. The molecule has 0 spiro atoms. The molecular formula is C26H23F3N6O3S. The predicted octanol–water partition coefficient (Wildman–Crippen LogP) is 4.52. The number of aliphatic hydroxyl groups excluding tert-OH is 1. The van der Waals surface area contributed by atoms with Gasteiger partial charge in [0.25, 0.3) is 5.91 Å². The molecule has 0 bridgehead atoms. The van der Waals surface area contributed by atoms with Crippen molar-refractivity contribution in [3.05, 3.63) is 83.7 Å². The van der Waals surface area contributed by atoms with Crippen molar-refractivity contribution >= 4 is 37.7 Å². The van der Waals surface area contributed by atoms with E-state index in [1.54, 1.807) is 48.3 Å². The Morgan fingerprint density at radius 3 is 2.44 bits per heavy atom. The third kappa shape index (κ3) is 5.40. The number of aryl methyl sites for hydroxylation is 1. The Labute approximate surface area is 221 Å². The maximum absolute atomic E-state index is 13.6. The molecular weight excluding hydrogens is 533 g/mol. The highest BCUT2D eigenvalue weighted by Gasteiger charge is 2.30. The van der Waals surface area contributed by atoms with Crippen molar-refractivity contribution in [2.45, 2.75) is 18.3 Å². The maximum atomic E-state index is 13.6. The first-order valence-electron chi connectivity index (χ1n) is 11.9. The monoisotopic (exact) mass is 556 g/mol. The summed E-state index contributed by atoms with van der Waals surface area (Å²) in [6.45, 7) is -0.189. The Balaban J connectivity index is 1.58. The maximum Gasteiger partial charge on any atom is 0.416 e. The lowest BCUT2D eigenvalue weighted by atomic mass is 10.1. The van der Waals surface area contributed by atoms with Gasteiger partial charge in [0, 0.05) is 48.4 Å². The number of halogens is 3. The lowest BCUT2D eigenvalue weighted by molar-refractivity contribution is -0.137. The van der Waals surface area contributed by atoms with Gasteiger partial charge in [-0.05, 0) is 66.6 Å². The van der Waals surface area contributed by atoms with Crippen LogP contribution in [-0.2, 0) is 28.7 Å². The van der Waals surface area contributed by atoms with E-state index in [2.05, 4.69) is 19.5 Å². The van der Waals surface area contributed by atoms with Crippen molar-refractivity contribution in [3.8, 4) is 5.69 Å². The molecule has 5 rings (SSSR count). The number of hydrogen-bond acceptors (Lipinski definition) is 6. The van der Waals surface area contributed by atoms with E-state index in [1.807, 2.05) is 0 Å². The molecule has 0 saturated carbocycles. The van der Waals surface area contributed by atoms with Gasteiger partial charge in [-0.3, -0.25) is 14.3 Å². The number of amides is 1. The molecule has 13 heteroatoms. The van der Waals surface area contributed by atoms with Gasteiger partial charge in [0.15, 0.2) is 5.65 Å². The fourth-order valence-corrected chi connectivity index (χ4v) is 6.33. The minimum Gasteiger partial charge on any atom is -0.396 e. The van der Waals surface area contributed by atoms with Gasteiger partial charge in [0.1, 0.15) is 5.52 Å². The fraction of sp³-hybridized carbons (Fsp3) is 0.231. The number of aliphatic hydroxyl groups is 1. The molecule has 0 radical (unpaired) electrons. The lowest BCUT2D eigenvalue weighted by Gasteiger charge is -2.10. The molecule has 0 aliphatic heterocycles. The third-order valence-electron chi connectivity index (χ3n) is 6.11. The van der Waals surface area contributed by atoms with E-state index in [4.69, 9.17) is 0 Å². The van der Waals surface area contributed by atoms with Crippen LogP contribution in [0.1, 0.15) is 27.9 Å². The molecule has 39 heavy (non-hydrogen) atoms. The molecule has 9 nitrogen and oxygen atoms in total. The van der Waals surface area contributed by atoms with Crippen molar-refractivity contribution in [2.75, 3.05) is 12.4 Å². The number of benzene rings is 2. The molecule has 1 atom stereocenters. The zero-order valence-corrected chi connectivity index (χ0v) is 21.5. The SMILES string of the molecule is Cn1nc2c3cc(C(=O)N=[S@](=O)(CCCO)Cc4ccncc4)ccc3n(-c3ccc(C(F)(F)F)cc3)c2n1. The smallest absolute Gasteiger partial charge is 0.396 e. The highest BCUT2D eigenvalue weighted by atomic mass is 32.2.